The normalized spacial score (nSPS) is 11.7. The predicted octanol–water partition coefficient (Wildman–Crippen LogP) is 0.318. The van der Waals surface area contributed by atoms with Gasteiger partial charge in [-0.3, -0.25) is 4.79 Å². The molecule has 6 heteroatoms. The minimum Gasteiger partial charge on any atom is -0.479 e. The predicted molar refractivity (Wildman–Crippen MR) is 71.4 cm³/mol. The van der Waals surface area contributed by atoms with Crippen LogP contribution in [-0.4, -0.2) is 48.8 Å². The van der Waals surface area contributed by atoms with Crippen molar-refractivity contribution in [2.75, 3.05) is 25.5 Å². The van der Waals surface area contributed by atoms with Crippen LogP contribution in [0.2, 0.25) is 0 Å². The fraction of sp³-hybridized carbons (Fsp3) is 0.385. The van der Waals surface area contributed by atoms with Crippen LogP contribution in [0.15, 0.2) is 24.3 Å². The third-order valence-corrected chi connectivity index (χ3v) is 2.61. The molecule has 0 saturated heterocycles. The summed E-state index contributed by atoms with van der Waals surface area (Å²) in [5.41, 5.74) is 1.40. The van der Waals surface area contributed by atoms with Crippen molar-refractivity contribution >= 4 is 17.6 Å². The molecule has 1 atom stereocenters. The average molecular weight is 266 g/mol. The van der Waals surface area contributed by atoms with Crippen LogP contribution in [0.1, 0.15) is 16.8 Å². The van der Waals surface area contributed by atoms with Gasteiger partial charge in [0.1, 0.15) is 0 Å². The van der Waals surface area contributed by atoms with Crippen LogP contribution < -0.4 is 10.2 Å². The zero-order valence-corrected chi connectivity index (χ0v) is 11.0. The highest BCUT2D eigenvalue weighted by Gasteiger charge is 2.13. The van der Waals surface area contributed by atoms with Gasteiger partial charge in [0.15, 0.2) is 6.10 Å². The molecule has 0 radical (unpaired) electrons. The number of nitrogens with zero attached hydrogens (tertiary/aromatic N) is 1. The summed E-state index contributed by atoms with van der Waals surface area (Å²) in [4.78, 5) is 24.1. The topological polar surface area (TPSA) is 89.9 Å². The number of aliphatic hydroxyl groups excluding tert-OH is 1. The fourth-order valence-corrected chi connectivity index (χ4v) is 1.47. The summed E-state index contributed by atoms with van der Waals surface area (Å²) in [6.07, 6.45) is -1.47. The molecule has 1 unspecified atom stereocenters. The zero-order valence-electron chi connectivity index (χ0n) is 11.0. The van der Waals surface area contributed by atoms with Gasteiger partial charge in [-0.05, 0) is 18.2 Å². The van der Waals surface area contributed by atoms with Crippen LogP contribution >= 0.6 is 0 Å². The molecular weight excluding hydrogens is 248 g/mol. The van der Waals surface area contributed by atoms with Gasteiger partial charge in [-0.1, -0.05) is 6.07 Å². The first-order chi connectivity index (χ1) is 8.91. The summed E-state index contributed by atoms with van der Waals surface area (Å²) in [7, 11) is 3.75. The number of amides is 1. The molecule has 104 valence electrons. The van der Waals surface area contributed by atoms with Crippen molar-refractivity contribution in [2.24, 2.45) is 0 Å². The number of aliphatic carboxylic acids is 1. The molecule has 1 rings (SSSR count). The molecule has 19 heavy (non-hydrogen) atoms. The minimum atomic E-state index is -1.45. The van der Waals surface area contributed by atoms with Crippen molar-refractivity contribution in [2.45, 2.75) is 12.5 Å². The van der Waals surface area contributed by atoms with Gasteiger partial charge in [-0.2, -0.15) is 0 Å². The highest BCUT2D eigenvalue weighted by molar-refractivity contribution is 5.95. The first kappa shape index (κ1) is 15.0. The van der Waals surface area contributed by atoms with E-state index in [1.807, 2.05) is 25.1 Å². The van der Waals surface area contributed by atoms with E-state index in [9.17, 15) is 9.59 Å². The number of nitrogens with one attached hydrogen (secondary N) is 1. The molecule has 0 spiro atoms. The highest BCUT2D eigenvalue weighted by Crippen LogP contribution is 2.13. The summed E-state index contributed by atoms with van der Waals surface area (Å²) in [5, 5.41) is 20.1. The first-order valence-corrected chi connectivity index (χ1v) is 5.88. The second-order valence-electron chi connectivity index (χ2n) is 4.34. The number of hydrogen-bond donors (Lipinski definition) is 3. The van der Waals surface area contributed by atoms with E-state index in [0.29, 0.717) is 5.56 Å². The van der Waals surface area contributed by atoms with Gasteiger partial charge in [-0.15, -0.1) is 0 Å². The van der Waals surface area contributed by atoms with E-state index in [-0.39, 0.29) is 18.9 Å². The second-order valence-corrected chi connectivity index (χ2v) is 4.34. The Bertz CT molecular complexity index is 460. The lowest BCUT2D eigenvalue weighted by Gasteiger charge is -2.13. The van der Waals surface area contributed by atoms with Crippen LogP contribution in [0.25, 0.3) is 0 Å². The average Bonchev–Trinajstić information content (AvgIpc) is 2.38. The smallest absolute Gasteiger partial charge is 0.332 e. The Morgan fingerprint density at radius 1 is 1.37 bits per heavy atom. The van der Waals surface area contributed by atoms with E-state index in [0.717, 1.165) is 5.69 Å². The molecule has 0 fully saturated rings. The van der Waals surface area contributed by atoms with Crippen LogP contribution in [-0.2, 0) is 4.79 Å². The number of carboxylic acid groups (broad SMARTS) is 1. The fourth-order valence-electron chi connectivity index (χ4n) is 1.47. The molecular formula is C13H18N2O4. The van der Waals surface area contributed by atoms with Gasteiger partial charge in [-0.25, -0.2) is 4.79 Å². The maximum absolute atomic E-state index is 11.8. The third-order valence-electron chi connectivity index (χ3n) is 2.61. The lowest BCUT2D eigenvalue weighted by atomic mass is 10.1. The van der Waals surface area contributed by atoms with E-state index >= 15 is 0 Å². The van der Waals surface area contributed by atoms with Gasteiger partial charge in [0, 0.05) is 38.3 Å². The zero-order chi connectivity index (χ0) is 14.4. The third kappa shape index (κ3) is 4.59. The molecule has 0 aliphatic carbocycles. The van der Waals surface area contributed by atoms with Gasteiger partial charge < -0.3 is 20.4 Å². The van der Waals surface area contributed by atoms with Crippen molar-refractivity contribution in [3.8, 4) is 0 Å². The molecule has 0 aliphatic rings. The van der Waals surface area contributed by atoms with Crippen LogP contribution in [0.3, 0.4) is 0 Å². The summed E-state index contributed by atoms with van der Waals surface area (Å²) >= 11 is 0. The molecule has 1 aromatic rings. The second kappa shape index (κ2) is 6.75. The van der Waals surface area contributed by atoms with Gasteiger partial charge in [0.2, 0.25) is 0 Å². The van der Waals surface area contributed by atoms with Crippen molar-refractivity contribution in [3.05, 3.63) is 29.8 Å². The molecule has 1 amide bonds. The van der Waals surface area contributed by atoms with Gasteiger partial charge in [0.25, 0.3) is 5.91 Å². The Kier molecular flexibility index (Phi) is 5.32. The Hall–Kier alpha value is -2.08. The molecule has 0 aliphatic heterocycles. The molecule has 0 bridgehead atoms. The van der Waals surface area contributed by atoms with E-state index in [2.05, 4.69) is 5.32 Å². The number of carboxylic acids is 1. The van der Waals surface area contributed by atoms with Crippen molar-refractivity contribution < 1.29 is 19.8 Å². The monoisotopic (exact) mass is 266 g/mol. The van der Waals surface area contributed by atoms with E-state index in [4.69, 9.17) is 10.2 Å². The lowest BCUT2D eigenvalue weighted by molar-refractivity contribution is -0.146. The highest BCUT2D eigenvalue weighted by atomic mass is 16.4. The number of hydrogen-bond acceptors (Lipinski definition) is 4. The number of carbonyl (C=O) groups is 2. The van der Waals surface area contributed by atoms with E-state index < -0.39 is 12.1 Å². The Labute approximate surface area is 111 Å². The van der Waals surface area contributed by atoms with E-state index in [1.54, 1.807) is 18.2 Å². The van der Waals surface area contributed by atoms with Crippen LogP contribution in [0.5, 0.6) is 0 Å². The number of aliphatic hydroxyl groups is 1. The Balaban J connectivity index is 2.54. The molecule has 3 N–H and O–H groups in total. The minimum absolute atomic E-state index is 0.0194. The molecule has 0 heterocycles. The molecule has 1 aromatic carbocycles. The first-order valence-electron chi connectivity index (χ1n) is 5.88. The maximum Gasteiger partial charge on any atom is 0.332 e. The molecule has 0 saturated carbocycles. The van der Waals surface area contributed by atoms with Crippen LogP contribution in [0, 0.1) is 0 Å². The summed E-state index contributed by atoms with van der Waals surface area (Å²) < 4.78 is 0. The van der Waals surface area contributed by atoms with Crippen molar-refractivity contribution in [3.63, 3.8) is 0 Å². The SMILES string of the molecule is CN(C)c1cccc(C(=O)NCCC(O)C(=O)O)c1. The Morgan fingerprint density at radius 3 is 2.63 bits per heavy atom. The standard InChI is InChI=1S/C13H18N2O4/c1-15(2)10-5-3-4-9(8-10)12(17)14-7-6-11(16)13(18)19/h3-5,8,11,16H,6-7H2,1-2H3,(H,14,17)(H,18,19). The van der Waals surface area contributed by atoms with Crippen molar-refractivity contribution in [1.82, 2.24) is 5.32 Å². The maximum atomic E-state index is 11.8. The quantitative estimate of drug-likeness (QED) is 0.690. The van der Waals surface area contributed by atoms with E-state index in [1.165, 1.54) is 0 Å². The number of anilines is 1. The largest absolute Gasteiger partial charge is 0.479 e. The van der Waals surface area contributed by atoms with Crippen molar-refractivity contribution in [1.29, 1.82) is 0 Å². The molecule has 6 nitrogen and oxygen atoms in total. The van der Waals surface area contributed by atoms with Gasteiger partial charge in [0.05, 0.1) is 0 Å². The number of rotatable bonds is 6. The number of benzene rings is 1. The lowest BCUT2D eigenvalue weighted by Crippen LogP contribution is -2.30. The summed E-state index contributed by atoms with van der Waals surface area (Å²) in [5.74, 6) is -1.58. The number of carbonyl (C=O) groups excluding carboxylic acids is 1. The summed E-state index contributed by atoms with van der Waals surface area (Å²) in [6.45, 7) is 0.110. The van der Waals surface area contributed by atoms with Gasteiger partial charge >= 0.3 is 5.97 Å². The Morgan fingerprint density at radius 2 is 2.05 bits per heavy atom. The van der Waals surface area contributed by atoms with Crippen LogP contribution in [0.4, 0.5) is 5.69 Å². The molecule has 0 aromatic heterocycles. The summed E-state index contributed by atoms with van der Waals surface area (Å²) in [6, 6.07) is 7.07.